The molecule has 15 heavy (non-hydrogen) atoms. The van der Waals surface area contributed by atoms with Crippen LogP contribution in [0.5, 0.6) is 0 Å². The van der Waals surface area contributed by atoms with Crippen molar-refractivity contribution in [2.45, 2.75) is 39.5 Å². The second-order valence-electron chi connectivity index (χ2n) is 4.35. The van der Waals surface area contributed by atoms with Gasteiger partial charge in [0.15, 0.2) is 5.82 Å². The molecule has 86 valence electrons. The van der Waals surface area contributed by atoms with Crippen LogP contribution in [0.3, 0.4) is 0 Å². The van der Waals surface area contributed by atoms with E-state index in [1.807, 2.05) is 11.7 Å². The minimum atomic E-state index is 0.313. The van der Waals surface area contributed by atoms with Crippen LogP contribution >= 0.6 is 0 Å². The summed E-state index contributed by atoms with van der Waals surface area (Å²) in [6.45, 7) is 7.12. The number of rotatable bonds is 5. The molecule has 4 heteroatoms. The monoisotopic (exact) mass is 210 g/mol. The molecule has 0 radical (unpaired) electrons. The summed E-state index contributed by atoms with van der Waals surface area (Å²) < 4.78 is 1.88. The van der Waals surface area contributed by atoms with Gasteiger partial charge < -0.3 is 5.73 Å². The summed E-state index contributed by atoms with van der Waals surface area (Å²) in [5.74, 6) is 2.78. The quantitative estimate of drug-likeness (QED) is 0.800. The van der Waals surface area contributed by atoms with Crippen LogP contribution in [-0.2, 0) is 13.5 Å². The molecular formula is C11H22N4. The molecule has 4 nitrogen and oxygen atoms in total. The van der Waals surface area contributed by atoms with Crippen molar-refractivity contribution < 1.29 is 0 Å². The summed E-state index contributed by atoms with van der Waals surface area (Å²) in [5.41, 5.74) is 5.78. The minimum Gasteiger partial charge on any atom is -0.330 e. The Morgan fingerprint density at radius 3 is 2.53 bits per heavy atom. The summed E-state index contributed by atoms with van der Waals surface area (Å²) in [7, 11) is 1.95. The molecule has 1 rings (SSSR count). The lowest BCUT2D eigenvalue weighted by Gasteiger charge is -2.17. The summed E-state index contributed by atoms with van der Waals surface area (Å²) >= 11 is 0. The zero-order chi connectivity index (χ0) is 11.4. The molecule has 0 aliphatic carbocycles. The molecule has 1 atom stereocenters. The third-order valence-electron chi connectivity index (χ3n) is 2.70. The standard InChI is InChI=1S/C11H22N4/c1-5-6-10-13-11(15(4)14-10)9(7-12)8(2)3/h8-9H,5-7,12H2,1-4H3. The molecule has 0 saturated heterocycles. The number of aryl methyl sites for hydroxylation is 2. The fourth-order valence-corrected chi connectivity index (χ4v) is 1.78. The van der Waals surface area contributed by atoms with Crippen molar-refractivity contribution in [3.05, 3.63) is 11.6 Å². The molecule has 0 aromatic carbocycles. The Morgan fingerprint density at radius 2 is 2.07 bits per heavy atom. The highest BCUT2D eigenvalue weighted by atomic mass is 15.3. The van der Waals surface area contributed by atoms with E-state index in [9.17, 15) is 0 Å². The van der Waals surface area contributed by atoms with Gasteiger partial charge in [-0.1, -0.05) is 20.8 Å². The van der Waals surface area contributed by atoms with Crippen molar-refractivity contribution in [1.29, 1.82) is 0 Å². The summed E-state index contributed by atoms with van der Waals surface area (Å²) in [6.07, 6.45) is 2.03. The molecule has 0 amide bonds. The molecule has 0 aliphatic heterocycles. The topological polar surface area (TPSA) is 56.7 Å². The molecule has 1 aromatic rings. The van der Waals surface area contributed by atoms with E-state index >= 15 is 0 Å². The Bertz CT molecular complexity index is 304. The lowest BCUT2D eigenvalue weighted by Crippen LogP contribution is -2.21. The fraction of sp³-hybridized carbons (Fsp3) is 0.818. The second-order valence-corrected chi connectivity index (χ2v) is 4.35. The van der Waals surface area contributed by atoms with Crippen molar-refractivity contribution in [1.82, 2.24) is 14.8 Å². The van der Waals surface area contributed by atoms with Crippen LogP contribution in [0.25, 0.3) is 0 Å². The number of nitrogens with zero attached hydrogens (tertiary/aromatic N) is 3. The van der Waals surface area contributed by atoms with Gasteiger partial charge in [0.1, 0.15) is 5.82 Å². The minimum absolute atomic E-state index is 0.313. The van der Waals surface area contributed by atoms with Crippen LogP contribution < -0.4 is 5.73 Å². The molecule has 1 aromatic heterocycles. The molecular weight excluding hydrogens is 188 g/mol. The normalized spacial score (nSPS) is 13.5. The molecule has 0 fully saturated rings. The maximum Gasteiger partial charge on any atom is 0.150 e. The van der Waals surface area contributed by atoms with Gasteiger partial charge in [0.2, 0.25) is 0 Å². The lowest BCUT2D eigenvalue weighted by molar-refractivity contribution is 0.464. The van der Waals surface area contributed by atoms with Crippen LogP contribution in [0.4, 0.5) is 0 Å². The van der Waals surface area contributed by atoms with Gasteiger partial charge in [-0.25, -0.2) is 4.98 Å². The Kier molecular flexibility index (Phi) is 4.27. The van der Waals surface area contributed by atoms with E-state index in [1.54, 1.807) is 0 Å². The van der Waals surface area contributed by atoms with Gasteiger partial charge in [0.25, 0.3) is 0 Å². The fourth-order valence-electron chi connectivity index (χ4n) is 1.78. The smallest absolute Gasteiger partial charge is 0.150 e. The van der Waals surface area contributed by atoms with Crippen LogP contribution in [0.2, 0.25) is 0 Å². The summed E-state index contributed by atoms with van der Waals surface area (Å²) in [4.78, 5) is 4.56. The lowest BCUT2D eigenvalue weighted by atomic mass is 9.95. The zero-order valence-electron chi connectivity index (χ0n) is 10.2. The van der Waals surface area contributed by atoms with Crippen LogP contribution in [0, 0.1) is 5.92 Å². The van der Waals surface area contributed by atoms with Crippen molar-refractivity contribution in [2.75, 3.05) is 6.54 Å². The van der Waals surface area contributed by atoms with Gasteiger partial charge in [-0.15, -0.1) is 0 Å². The van der Waals surface area contributed by atoms with E-state index in [0.717, 1.165) is 24.5 Å². The largest absolute Gasteiger partial charge is 0.330 e. The molecule has 0 spiro atoms. The summed E-state index contributed by atoms with van der Waals surface area (Å²) in [5, 5.41) is 4.40. The highest BCUT2D eigenvalue weighted by Crippen LogP contribution is 2.21. The average Bonchev–Trinajstić information content (AvgIpc) is 2.49. The first-order valence-electron chi connectivity index (χ1n) is 5.70. The van der Waals surface area contributed by atoms with Crippen molar-refractivity contribution in [3.63, 3.8) is 0 Å². The maximum atomic E-state index is 5.78. The predicted molar refractivity (Wildman–Crippen MR) is 61.6 cm³/mol. The molecule has 2 N–H and O–H groups in total. The van der Waals surface area contributed by atoms with E-state index in [2.05, 4.69) is 30.9 Å². The van der Waals surface area contributed by atoms with Gasteiger partial charge in [-0.3, -0.25) is 4.68 Å². The molecule has 0 bridgehead atoms. The Hall–Kier alpha value is -0.900. The third kappa shape index (κ3) is 2.78. The van der Waals surface area contributed by atoms with E-state index < -0.39 is 0 Å². The molecule has 1 heterocycles. The van der Waals surface area contributed by atoms with Crippen LogP contribution in [0.1, 0.15) is 44.8 Å². The van der Waals surface area contributed by atoms with Crippen molar-refractivity contribution >= 4 is 0 Å². The van der Waals surface area contributed by atoms with Gasteiger partial charge in [0, 0.05) is 25.9 Å². The van der Waals surface area contributed by atoms with Gasteiger partial charge in [0.05, 0.1) is 0 Å². The van der Waals surface area contributed by atoms with Crippen molar-refractivity contribution in [2.24, 2.45) is 18.7 Å². The zero-order valence-corrected chi connectivity index (χ0v) is 10.2. The SMILES string of the molecule is CCCc1nc(C(CN)C(C)C)n(C)n1. The predicted octanol–water partition coefficient (Wildman–Crippen LogP) is 1.47. The molecule has 1 unspecified atom stereocenters. The van der Waals surface area contributed by atoms with E-state index in [4.69, 9.17) is 5.73 Å². The van der Waals surface area contributed by atoms with E-state index in [-0.39, 0.29) is 0 Å². The number of hydrogen-bond acceptors (Lipinski definition) is 3. The maximum absolute atomic E-state index is 5.78. The highest BCUT2D eigenvalue weighted by molar-refractivity contribution is 5.02. The van der Waals surface area contributed by atoms with E-state index in [0.29, 0.717) is 18.4 Å². The average molecular weight is 210 g/mol. The first kappa shape index (κ1) is 12.2. The van der Waals surface area contributed by atoms with Crippen molar-refractivity contribution in [3.8, 4) is 0 Å². The number of nitrogens with two attached hydrogens (primary N) is 1. The Morgan fingerprint density at radius 1 is 1.40 bits per heavy atom. The van der Waals surface area contributed by atoms with Gasteiger partial charge in [-0.05, 0) is 12.3 Å². The molecule has 0 saturated carbocycles. The van der Waals surface area contributed by atoms with Gasteiger partial charge >= 0.3 is 0 Å². The summed E-state index contributed by atoms with van der Waals surface area (Å²) in [6, 6.07) is 0. The van der Waals surface area contributed by atoms with Crippen LogP contribution in [0.15, 0.2) is 0 Å². The molecule has 0 aliphatic rings. The Labute approximate surface area is 91.9 Å². The Balaban J connectivity index is 2.91. The van der Waals surface area contributed by atoms with Gasteiger partial charge in [-0.2, -0.15) is 5.10 Å². The third-order valence-corrected chi connectivity index (χ3v) is 2.70. The van der Waals surface area contributed by atoms with Crippen LogP contribution in [-0.4, -0.2) is 21.3 Å². The second kappa shape index (κ2) is 5.26. The first-order valence-corrected chi connectivity index (χ1v) is 5.70. The number of hydrogen-bond donors (Lipinski definition) is 1. The first-order chi connectivity index (χ1) is 7.10. The van der Waals surface area contributed by atoms with E-state index in [1.165, 1.54) is 0 Å². The number of aromatic nitrogens is 3. The highest BCUT2D eigenvalue weighted by Gasteiger charge is 2.20.